The molecule has 1 fully saturated rings. The summed E-state index contributed by atoms with van der Waals surface area (Å²) in [5, 5.41) is 7.37. The van der Waals surface area contributed by atoms with Crippen molar-refractivity contribution in [2.45, 2.75) is 32.0 Å². The average molecular weight is 229 g/mol. The fourth-order valence-corrected chi connectivity index (χ4v) is 1.62. The number of nitrogens with two attached hydrogens (primary N) is 1. The molecule has 0 saturated carbocycles. The van der Waals surface area contributed by atoms with E-state index in [4.69, 9.17) is 20.6 Å². The first-order valence-corrected chi connectivity index (χ1v) is 5.67. The molecule has 1 aliphatic heterocycles. The number of amidine groups is 1. The van der Waals surface area contributed by atoms with Crippen LogP contribution in [0.15, 0.2) is 0 Å². The van der Waals surface area contributed by atoms with Crippen molar-refractivity contribution in [3.63, 3.8) is 0 Å². The molecule has 0 aromatic heterocycles. The second-order valence-electron chi connectivity index (χ2n) is 4.83. The molecule has 1 unspecified atom stereocenters. The third-order valence-electron chi connectivity index (χ3n) is 3.08. The molecule has 1 saturated heterocycles. The number of morpholine rings is 1. The van der Waals surface area contributed by atoms with E-state index in [9.17, 15) is 0 Å². The Bertz CT molecular complexity index is 243. The minimum Gasteiger partial charge on any atom is -0.385 e. The monoisotopic (exact) mass is 229 g/mol. The maximum Gasteiger partial charge on any atom is 0.127 e. The third kappa shape index (κ3) is 4.08. The topological polar surface area (TPSA) is 71.6 Å². The zero-order chi connectivity index (χ0) is 12.2. The molecule has 5 heteroatoms. The number of nitrogens with one attached hydrogen (secondary N) is 1. The van der Waals surface area contributed by atoms with Crippen LogP contribution < -0.4 is 5.73 Å². The summed E-state index contributed by atoms with van der Waals surface area (Å²) in [5.74, 6) is 0.121. The van der Waals surface area contributed by atoms with E-state index in [0.29, 0.717) is 6.61 Å². The van der Waals surface area contributed by atoms with E-state index in [1.54, 1.807) is 7.11 Å². The van der Waals surface area contributed by atoms with E-state index >= 15 is 0 Å². The molecule has 3 N–H and O–H groups in total. The van der Waals surface area contributed by atoms with Crippen LogP contribution in [0.25, 0.3) is 0 Å². The van der Waals surface area contributed by atoms with Gasteiger partial charge in [0.25, 0.3) is 0 Å². The zero-order valence-corrected chi connectivity index (χ0v) is 10.5. The Hall–Kier alpha value is -0.650. The lowest BCUT2D eigenvalue weighted by molar-refractivity contribution is -0.0212. The molecule has 0 aromatic rings. The average Bonchev–Trinajstić information content (AvgIpc) is 2.27. The van der Waals surface area contributed by atoms with Crippen LogP contribution in [0.4, 0.5) is 0 Å². The van der Waals surface area contributed by atoms with Crippen molar-refractivity contribution in [2.75, 3.05) is 33.4 Å². The van der Waals surface area contributed by atoms with Crippen LogP contribution in [0.3, 0.4) is 0 Å². The molecule has 1 rings (SSSR count). The van der Waals surface area contributed by atoms with Gasteiger partial charge in [-0.05, 0) is 20.3 Å². The number of methoxy groups -OCH3 is 1. The van der Waals surface area contributed by atoms with Crippen molar-refractivity contribution in [3.8, 4) is 0 Å². The number of rotatable bonds is 5. The fourth-order valence-electron chi connectivity index (χ4n) is 1.62. The van der Waals surface area contributed by atoms with Gasteiger partial charge < -0.3 is 15.2 Å². The van der Waals surface area contributed by atoms with Crippen molar-refractivity contribution < 1.29 is 9.47 Å². The maximum atomic E-state index is 7.37. The van der Waals surface area contributed by atoms with Gasteiger partial charge in [0.05, 0.1) is 12.2 Å². The molecule has 1 aliphatic rings. The minimum absolute atomic E-state index is 0.0932. The highest BCUT2D eigenvalue weighted by Gasteiger charge is 2.24. The molecule has 0 spiro atoms. The normalized spacial score (nSPS) is 23.3. The smallest absolute Gasteiger partial charge is 0.127 e. The summed E-state index contributed by atoms with van der Waals surface area (Å²) in [6, 6.07) is 0. The molecule has 0 aliphatic carbocycles. The van der Waals surface area contributed by atoms with Crippen molar-refractivity contribution >= 4 is 5.84 Å². The Balaban J connectivity index is 2.35. The van der Waals surface area contributed by atoms with Crippen molar-refractivity contribution in [1.29, 1.82) is 5.41 Å². The molecule has 1 heterocycles. The Morgan fingerprint density at radius 1 is 1.62 bits per heavy atom. The van der Waals surface area contributed by atoms with Crippen LogP contribution in [0.1, 0.15) is 20.3 Å². The van der Waals surface area contributed by atoms with Gasteiger partial charge in [0.15, 0.2) is 0 Å². The van der Waals surface area contributed by atoms with Crippen molar-refractivity contribution in [2.24, 2.45) is 5.73 Å². The van der Waals surface area contributed by atoms with E-state index in [1.807, 2.05) is 0 Å². The summed E-state index contributed by atoms with van der Waals surface area (Å²) >= 11 is 0. The van der Waals surface area contributed by atoms with Gasteiger partial charge in [0.2, 0.25) is 0 Å². The molecule has 5 nitrogen and oxygen atoms in total. The van der Waals surface area contributed by atoms with Gasteiger partial charge in [0.1, 0.15) is 11.9 Å². The first-order valence-electron chi connectivity index (χ1n) is 5.67. The van der Waals surface area contributed by atoms with Crippen LogP contribution in [-0.2, 0) is 9.47 Å². The predicted molar refractivity (Wildman–Crippen MR) is 63.8 cm³/mol. The molecule has 94 valence electrons. The van der Waals surface area contributed by atoms with Gasteiger partial charge in [-0.3, -0.25) is 10.3 Å². The standard InChI is InChI=1S/C11H23N3O2/c1-11(2,15-3)4-5-14-6-7-16-9(8-14)10(12)13/h9H,4-8H2,1-3H3,(H3,12,13). The SMILES string of the molecule is COC(C)(C)CCN1CCOC(C(=N)N)C1. The van der Waals surface area contributed by atoms with E-state index in [2.05, 4.69) is 18.7 Å². The van der Waals surface area contributed by atoms with Crippen molar-refractivity contribution in [1.82, 2.24) is 4.90 Å². The van der Waals surface area contributed by atoms with Gasteiger partial charge in [0, 0.05) is 26.7 Å². The van der Waals surface area contributed by atoms with Crippen LogP contribution in [-0.4, -0.2) is 55.8 Å². The summed E-state index contributed by atoms with van der Waals surface area (Å²) in [4.78, 5) is 2.27. The highest BCUT2D eigenvalue weighted by molar-refractivity contribution is 5.82. The predicted octanol–water partition coefficient (Wildman–Crippen LogP) is 0.438. The van der Waals surface area contributed by atoms with Gasteiger partial charge in [-0.2, -0.15) is 0 Å². The molecule has 0 radical (unpaired) electrons. The van der Waals surface area contributed by atoms with Crippen LogP contribution >= 0.6 is 0 Å². The highest BCUT2D eigenvalue weighted by Crippen LogP contribution is 2.15. The number of hydrogen-bond acceptors (Lipinski definition) is 4. The van der Waals surface area contributed by atoms with Gasteiger partial charge in [-0.25, -0.2) is 0 Å². The first kappa shape index (κ1) is 13.4. The van der Waals surface area contributed by atoms with Crippen LogP contribution in [0.2, 0.25) is 0 Å². The Labute approximate surface area is 97.4 Å². The largest absolute Gasteiger partial charge is 0.385 e. The highest BCUT2D eigenvalue weighted by atomic mass is 16.5. The van der Waals surface area contributed by atoms with E-state index < -0.39 is 0 Å². The minimum atomic E-state index is -0.237. The number of ether oxygens (including phenoxy) is 2. The van der Waals surface area contributed by atoms with Gasteiger partial charge >= 0.3 is 0 Å². The molecule has 0 aromatic carbocycles. The molecule has 16 heavy (non-hydrogen) atoms. The summed E-state index contributed by atoms with van der Waals surface area (Å²) < 4.78 is 10.8. The third-order valence-corrected chi connectivity index (χ3v) is 3.08. The Morgan fingerprint density at radius 2 is 2.31 bits per heavy atom. The summed E-state index contributed by atoms with van der Waals surface area (Å²) in [7, 11) is 1.73. The Kier molecular flexibility index (Phi) is 4.70. The number of nitrogens with zero attached hydrogens (tertiary/aromatic N) is 1. The van der Waals surface area contributed by atoms with E-state index in [-0.39, 0.29) is 17.5 Å². The van der Waals surface area contributed by atoms with Gasteiger partial charge in [-0.15, -0.1) is 0 Å². The van der Waals surface area contributed by atoms with E-state index in [1.165, 1.54) is 0 Å². The molecular formula is C11H23N3O2. The second kappa shape index (κ2) is 5.61. The lowest BCUT2D eigenvalue weighted by atomic mass is 10.0. The van der Waals surface area contributed by atoms with E-state index in [0.717, 1.165) is 26.1 Å². The molecule has 0 amide bonds. The lowest BCUT2D eigenvalue weighted by Crippen LogP contribution is -2.49. The molecule has 0 bridgehead atoms. The summed E-state index contributed by atoms with van der Waals surface area (Å²) in [6.07, 6.45) is 0.730. The van der Waals surface area contributed by atoms with Crippen LogP contribution in [0, 0.1) is 5.41 Å². The first-order chi connectivity index (χ1) is 7.44. The Morgan fingerprint density at radius 3 is 2.88 bits per heavy atom. The fraction of sp³-hybridized carbons (Fsp3) is 0.909. The maximum absolute atomic E-state index is 7.37. The second-order valence-corrected chi connectivity index (χ2v) is 4.83. The quantitative estimate of drug-likeness (QED) is 0.530. The molecule has 1 atom stereocenters. The van der Waals surface area contributed by atoms with Gasteiger partial charge in [-0.1, -0.05) is 0 Å². The summed E-state index contributed by atoms with van der Waals surface area (Å²) in [5.41, 5.74) is 5.35. The molecular weight excluding hydrogens is 206 g/mol. The number of hydrogen-bond donors (Lipinski definition) is 2. The summed E-state index contributed by atoms with van der Waals surface area (Å²) in [6.45, 7) is 7.39. The lowest BCUT2D eigenvalue weighted by Gasteiger charge is -2.34. The van der Waals surface area contributed by atoms with Crippen LogP contribution in [0.5, 0.6) is 0 Å². The zero-order valence-electron chi connectivity index (χ0n) is 10.5. The van der Waals surface area contributed by atoms with Crippen molar-refractivity contribution in [3.05, 3.63) is 0 Å².